The summed E-state index contributed by atoms with van der Waals surface area (Å²) in [6.45, 7) is 10.2. The topological polar surface area (TPSA) is 49.6 Å². The van der Waals surface area contributed by atoms with Gasteiger partial charge in [-0.15, -0.1) is 0 Å². The van der Waals surface area contributed by atoms with E-state index < -0.39 is 0 Å². The number of hydrogen-bond donors (Lipinski definition) is 1. The van der Waals surface area contributed by atoms with Crippen LogP contribution in [0.1, 0.15) is 29.7 Å². The van der Waals surface area contributed by atoms with Crippen molar-refractivity contribution in [2.24, 2.45) is 5.73 Å². The zero-order chi connectivity index (χ0) is 14.7. The summed E-state index contributed by atoms with van der Waals surface area (Å²) in [7, 11) is 0. The van der Waals surface area contributed by atoms with Crippen molar-refractivity contribution in [1.29, 1.82) is 0 Å². The molecule has 1 aromatic rings. The Balaban J connectivity index is 1.92. The Morgan fingerprint density at radius 1 is 1.25 bits per heavy atom. The molecule has 2 rings (SSSR count). The lowest BCUT2D eigenvalue weighted by Gasteiger charge is -2.35. The average Bonchev–Trinajstić information content (AvgIpc) is 2.39. The van der Waals surface area contributed by atoms with E-state index in [4.69, 9.17) is 5.73 Å². The van der Waals surface area contributed by atoms with E-state index >= 15 is 0 Å². The first-order valence-corrected chi connectivity index (χ1v) is 7.28. The summed E-state index contributed by atoms with van der Waals surface area (Å²) in [6, 6.07) is 6.49. The maximum absolute atomic E-state index is 11.3. The van der Waals surface area contributed by atoms with Gasteiger partial charge in [0.2, 0.25) is 5.91 Å². The molecule has 1 amide bonds. The van der Waals surface area contributed by atoms with Gasteiger partial charge in [-0.25, -0.2) is 0 Å². The van der Waals surface area contributed by atoms with Crippen LogP contribution in [-0.2, 0) is 4.79 Å². The second-order valence-corrected chi connectivity index (χ2v) is 5.77. The Morgan fingerprint density at radius 3 is 2.45 bits per heavy atom. The summed E-state index contributed by atoms with van der Waals surface area (Å²) >= 11 is 0. The van der Waals surface area contributed by atoms with Crippen molar-refractivity contribution in [3.05, 3.63) is 34.9 Å². The van der Waals surface area contributed by atoms with Crippen LogP contribution in [-0.4, -0.2) is 48.4 Å². The normalized spacial score (nSPS) is 18.1. The van der Waals surface area contributed by atoms with Crippen LogP contribution in [0.15, 0.2) is 18.2 Å². The van der Waals surface area contributed by atoms with Gasteiger partial charge < -0.3 is 10.6 Å². The lowest BCUT2D eigenvalue weighted by atomic mass is 9.99. The predicted molar refractivity (Wildman–Crippen MR) is 81.5 cm³/mol. The highest BCUT2D eigenvalue weighted by Gasteiger charge is 2.21. The minimum atomic E-state index is 0.0412. The van der Waals surface area contributed by atoms with E-state index in [9.17, 15) is 4.79 Å². The molecule has 0 aromatic heterocycles. The van der Waals surface area contributed by atoms with Crippen LogP contribution in [0, 0.1) is 13.8 Å². The first-order valence-electron chi connectivity index (χ1n) is 7.28. The van der Waals surface area contributed by atoms with E-state index in [1.54, 1.807) is 6.92 Å². The first-order chi connectivity index (χ1) is 9.47. The van der Waals surface area contributed by atoms with E-state index in [0.29, 0.717) is 0 Å². The molecule has 0 saturated carbocycles. The third-order valence-corrected chi connectivity index (χ3v) is 4.10. The zero-order valence-electron chi connectivity index (χ0n) is 12.7. The van der Waals surface area contributed by atoms with E-state index in [0.717, 1.165) is 32.7 Å². The van der Waals surface area contributed by atoms with Gasteiger partial charge in [-0.1, -0.05) is 23.8 Å². The summed E-state index contributed by atoms with van der Waals surface area (Å²) < 4.78 is 0. The Labute approximate surface area is 121 Å². The molecule has 2 N–H and O–H groups in total. The van der Waals surface area contributed by atoms with Gasteiger partial charge in [0.05, 0.1) is 0 Å². The Kier molecular flexibility index (Phi) is 4.78. The number of carbonyl (C=O) groups is 1. The minimum absolute atomic E-state index is 0.0412. The van der Waals surface area contributed by atoms with Crippen LogP contribution in [0.25, 0.3) is 0 Å². The number of nitrogens with two attached hydrogens (primary N) is 1. The van der Waals surface area contributed by atoms with E-state index in [-0.39, 0.29) is 11.9 Å². The second-order valence-electron chi connectivity index (χ2n) is 5.77. The highest BCUT2D eigenvalue weighted by atomic mass is 16.2. The molecule has 1 aliphatic heterocycles. The molecule has 4 nitrogen and oxygen atoms in total. The average molecular weight is 275 g/mol. The third-order valence-electron chi connectivity index (χ3n) is 4.10. The highest BCUT2D eigenvalue weighted by molar-refractivity contribution is 5.73. The number of piperazine rings is 1. The number of hydrogen-bond acceptors (Lipinski definition) is 3. The van der Waals surface area contributed by atoms with Gasteiger partial charge in [0, 0.05) is 45.7 Å². The monoisotopic (exact) mass is 275 g/mol. The van der Waals surface area contributed by atoms with Gasteiger partial charge in [-0.05, 0) is 25.0 Å². The molecule has 1 saturated heterocycles. The molecule has 1 aromatic carbocycles. The predicted octanol–water partition coefficient (Wildman–Crippen LogP) is 1.47. The fourth-order valence-electron chi connectivity index (χ4n) is 2.86. The van der Waals surface area contributed by atoms with Crippen molar-refractivity contribution in [1.82, 2.24) is 9.80 Å². The Bertz CT molecular complexity index is 479. The molecule has 1 fully saturated rings. The molecule has 1 heterocycles. The molecule has 4 heteroatoms. The van der Waals surface area contributed by atoms with Crippen molar-refractivity contribution in [2.75, 3.05) is 32.7 Å². The maximum Gasteiger partial charge on any atom is 0.219 e. The van der Waals surface area contributed by atoms with Gasteiger partial charge in [0.1, 0.15) is 0 Å². The van der Waals surface area contributed by atoms with Crippen molar-refractivity contribution in [3.8, 4) is 0 Å². The Morgan fingerprint density at radius 2 is 1.90 bits per heavy atom. The maximum atomic E-state index is 11.3. The number of aryl methyl sites for hydroxylation is 2. The molecule has 0 spiro atoms. The first kappa shape index (κ1) is 15.0. The van der Waals surface area contributed by atoms with E-state index in [1.165, 1.54) is 16.7 Å². The molecule has 0 aliphatic carbocycles. The number of benzene rings is 1. The van der Waals surface area contributed by atoms with Crippen LogP contribution >= 0.6 is 0 Å². The summed E-state index contributed by atoms with van der Waals surface area (Å²) in [4.78, 5) is 15.6. The summed E-state index contributed by atoms with van der Waals surface area (Å²) in [5, 5.41) is 0. The lowest BCUT2D eigenvalue weighted by molar-refractivity contribution is -0.130. The molecule has 1 atom stereocenters. The van der Waals surface area contributed by atoms with Crippen molar-refractivity contribution < 1.29 is 4.79 Å². The molecule has 0 radical (unpaired) electrons. The van der Waals surface area contributed by atoms with E-state index in [1.807, 2.05) is 4.90 Å². The molecule has 110 valence electrons. The number of amides is 1. The zero-order valence-corrected chi connectivity index (χ0v) is 12.7. The highest BCUT2D eigenvalue weighted by Crippen LogP contribution is 2.18. The standard InChI is InChI=1S/C16H25N3O/c1-12-4-5-15(13(2)10-12)16(17)11-18-6-8-19(9-7-18)14(3)20/h4-5,10,16H,6-9,11,17H2,1-3H3. The fourth-order valence-corrected chi connectivity index (χ4v) is 2.86. The minimum Gasteiger partial charge on any atom is -0.340 e. The van der Waals surface area contributed by atoms with Crippen LogP contribution in [0.5, 0.6) is 0 Å². The van der Waals surface area contributed by atoms with Gasteiger partial charge in [-0.3, -0.25) is 9.69 Å². The molecule has 1 aliphatic rings. The molecular weight excluding hydrogens is 250 g/mol. The molecular formula is C16H25N3O. The van der Waals surface area contributed by atoms with E-state index in [2.05, 4.69) is 36.9 Å². The summed E-state index contributed by atoms with van der Waals surface area (Å²) in [5.41, 5.74) is 10.1. The van der Waals surface area contributed by atoms with Gasteiger partial charge in [0.15, 0.2) is 0 Å². The SMILES string of the molecule is CC(=O)N1CCN(CC(N)c2ccc(C)cc2C)CC1. The largest absolute Gasteiger partial charge is 0.340 e. The van der Waals surface area contributed by atoms with Crippen LogP contribution in [0.3, 0.4) is 0 Å². The number of nitrogens with zero attached hydrogens (tertiary/aromatic N) is 2. The lowest BCUT2D eigenvalue weighted by Crippen LogP contribution is -2.49. The van der Waals surface area contributed by atoms with Crippen molar-refractivity contribution in [3.63, 3.8) is 0 Å². The summed E-state index contributed by atoms with van der Waals surface area (Å²) in [5.74, 6) is 0.170. The van der Waals surface area contributed by atoms with Crippen molar-refractivity contribution >= 4 is 5.91 Å². The molecule has 0 bridgehead atoms. The smallest absolute Gasteiger partial charge is 0.219 e. The van der Waals surface area contributed by atoms with Crippen LogP contribution in [0.2, 0.25) is 0 Å². The molecule has 20 heavy (non-hydrogen) atoms. The summed E-state index contributed by atoms with van der Waals surface area (Å²) in [6.07, 6.45) is 0. The Hall–Kier alpha value is -1.39. The van der Waals surface area contributed by atoms with Gasteiger partial charge in [-0.2, -0.15) is 0 Å². The quantitative estimate of drug-likeness (QED) is 0.909. The molecule has 1 unspecified atom stereocenters. The number of rotatable bonds is 3. The van der Waals surface area contributed by atoms with Crippen LogP contribution < -0.4 is 5.73 Å². The second kappa shape index (κ2) is 6.37. The van der Waals surface area contributed by atoms with Crippen molar-refractivity contribution in [2.45, 2.75) is 26.8 Å². The number of carbonyl (C=O) groups excluding carboxylic acids is 1. The van der Waals surface area contributed by atoms with Gasteiger partial charge >= 0.3 is 0 Å². The third kappa shape index (κ3) is 3.58. The van der Waals surface area contributed by atoms with Gasteiger partial charge in [0.25, 0.3) is 0 Å². The van der Waals surface area contributed by atoms with Crippen LogP contribution in [0.4, 0.5) is 0 Å². The fraction of sp³-hybridized carbons (Fsp3) is 0.562.